The molecule has 4 rings (SSSR count). The summed E-state index contributed by atoms with van der Waals surface area (Å²) in [6.07, 6.45) is 0.393. The number of H-pyrrole nitrogens is 2. The molecule has 0 atom stereocenters. The molecule has 21 heavy (non-hydrogen) atoms. The molecular formula is C15H10F2N4. The van der Waals surface area contributed by atoms with Gasteiger partial charge < -0.3 is 9.97 Å². The number of imidazole rings is 2. The van der Waals surface area contributed by atoms with Crippen LogP contribution in [0.1, 0.15) is 11.6 Å². The molecule has 2 aromatic heterocycles. The van der Waals surface area contributed by atoms with Crippen molar-refractivity contribution >= 4 is 22.1 Å². The molecule has 2 heterocycles. The minimum absolute atomic E-state index is 0.141. The van der Waals surface area contributed by atoms with Crippen molar-refractivity contribution in [3.8, 4) is 0 Å². The Morgan fingerprint density at radius 2 is 1.67 bits per heavy atom. The van der Waals surface area contributed by atoms with Gasteiger partial charge in [0.25, 0.3) is 0 Å². The van der Waals surface area contributed by atoms with Gasteiger partial charge in [0, 0.05) is 6.07 Å². The number of hydrogen-bond acceptors (Lipinski definition) is 2. The molecule has 2 N–H and O–H groups in total. The highest BCUT2D eigenvalue weighted by atomic mass is 19.1. The monoisotopic (exact) mass is 284 g/mol. The van der Waals surface area contributed by atoms with E-state index in [2.05, 4.69) is 19.9 Å². The first kappa shape index (κ1) is 12.0. The van der Waals surface area contributed by atoms with Gasteiger partial charge in [0.05, 0.1) is 23.0 Å². The van der Waals surface area contributed by atoms with Crippen molar-refractivity contribution in [2.24, 2.45) is 0 Å². The lowest BCUT2D eigenvalue weighted by Crippen LogP contribution is -1.92. The molecule has 4 nitrogen and oxygen atoms in total. The average molecular weight is 284 g/mol. The van der Waals surface area contributed by atoms with Crippen molar-refractivity contribution in [1.82, 2.24) is 19.9 Å². The fraction of sp³-hybridized carbons (Fsp3) is 0.0667. The molecule has 0 radical (unpaired) electrons. The molecule has 0 amide bonds. The summed E-state index contributed by atoms with van der Waals surface area (Å²) < 4.78 is 26.8. The van der Waals surface area contributed by atoms with Crippen LogP contribution in [0.15, 0.2) is 36.4 Å². The van der Waals surface area contributed by atoms with Crippen LogP contribution in [0, 0.1) is 11.6 Å². The molecule has 104 valence electrons. The number of nitrogens with one attached hydrogen (secondary N) is 2. The Bertz CT molecular complexity index is 922. The summed E-state index contributed by atoms with van der Waals surface area (Å²) in [5.41, 5.74) is 2.28. The van der Waals surface area contributed by atoms with Crippen LogP contribution < -0.4 is 0 Å². The molecule has 0 aliphatic rings. The van der Waals surface area contributed by atoms with Crippen molar-refractivity contribution in [3.05, 3.63) is 59.7 Å². The van der Waals surface area contributed by atoms with E-state index in [0.717, 1.165) is 22.9 Å². The number of nitrogens with zero attached hydrogens (tertiary/aromatic N) is 2. The van der Waals surface area contributed by atoms with Crippen LogP contribution in [0.5, 0.6) is 0 Å². The lowest BCUT2D eigenvalue weighted by Gasteiger charge is -1.90. The number of aromatic nitrogens is 4. The minimum atomic E-state index is -0.669. The number of benzene rings is 2. The second-order valence-corrected chi connectivity index (χ2v) is 4.84. The maximum Gasteiger partial charge on any atom is 0.153 e. The van der Waals surface area contributed by atoms with Crippen LogP contribution in [0.4, 0.5) is 8.78 Å². The first-order valence-electron chi connectivity index (χ1n) is 6.46. The number of hydrogen-bond donors (Lipinski definition) is 2. The fourth-order valence-electron chi connectivity index (χ4n) is 2.42. The Morgan fingerprint density at radius 3 is 2.52 bits per heavy atom. The van der Waals surface area contributed by atoms with Crippen molar-refractivity contribution in [2.75, 3.05) is 0 Å². The van der Waals surface area contributed by atoms with Crippen molar-refractivity contribution in [1.29, 1.82) is 0 Å². The van der Waals surface area contributed by atoms with Crippen LogP contribution in [0.25, 0.3) is 22.1 Å². The van der Waals surface area contributed by atoms with Crippen LogP contribution in [-0.4, -0.2) is 19.9 Å². The molecule has 0 spiro atoms. The molecule has 2 aromatic carbocycles. The largest absolute Gasteiger partial charge is 0.342 e. The molecule has 0 bridgehead atoms. The Morgan fingerprint density at radius 1 is 0.905 bits per heavy atom. The molecule has 0 aliphatic heterocycles. The summed E-state index contributed by atoms with van der Waals surface area (Å²) in [5.74, 6) is -0.0410. The van der Waals surface area contributed by atoms with Crippen LogP contribution in [0.3, 0.4) is 0 Å². The second kappa shape index (κ2) is 4.37. The maximum absolute atomic E-state index is 13.6. The van der Waals surface area contributed by atoms with E-state index in [1.165, 1.54) is 6.07 Å². The zero-order chi connectivity index (χ0) is 14.4. The van der Waals surface area contributed by atoms with E-state index in [9.17, 15) is 8.78 Å². The number of aromatic amines is 2. The average Bonchev–Trinajstić information content (AvgIpc) is 3.01. The Kier molecular flexibility index (Phi) is 2.50. The molecule has 0 fully saturated rings. The number of para-hydroxylation sites is 2. The standard InChI is InChI=1S/C15H10F2N4/c16-8-5-9(17)15-12(6-8)20-14(21-15)7-13-18-10-3-1-2-4-11(10)19-13/h1-6H,7H2,(H,18,19)(H,20,21). The van der Waals surface area contributed by atoms with Gasteiger partial charge in [-0.15, -0.1) is 0 Å². The summed E-state index contributed by atoms with van der Waals surface area (Å²) in [5, 5.41) is 0. The van der Waals surface area contributed by atoms with Crippen molar-refractivity contribution in [2.45, 2.75) is 6.42 Å². The van der Waals surface area contributed by atoms with E-state index >= 15 is 0 Å². The van der Waals surface area contributed by atoms with Gasteiger partial charge in [-0.2, -0.15) is 0 Å². The Labute approximate surface area is 117 Å². The van der Waals surface area contributed by atoms with Crippen LogP contribution in [0.2, 0.25) is 0 Å². The summed E-state index contributed by atoms with van der Waals surface area (Å²) in [7, 11) is 0. The minimum Gasteiger partial charge on any atom is -0.342 e. The van der Waals surface area contributed by atoms with Gasteiger partial charge >= 0.3 is 0 Å². The normalized spacial score (nSPS) is 11.5. The van der Waals surface area contributed by atoms with Gasteiger partial charge in [0.2, 0.25) is 0 Å². The second-order valence-electron chi connectivity index (χ2n) is 4.84. The molecule has 0 saturated heterocycles. The molecule has 0 aliphatic carbocycles. The van der Waals surface area contributed by atoms with Crippen molar-refractivity contribution < 1.29 is 8.78 Å². The number of fused-ring (bicyclic) bond motifs is 2. The van der Waals surface area contributed by atoms with Gasteiger partial charge in [-0.05, 0) is 18.2 Å². The smallest absolute Gasteiger partial charge is 0.153 e. The highest BCUT2D eigenvalue weighted by Gasteiger charge is 2.11. The lowest BCUT2D eigenvalue weighted by molar-refractivity contribution is 0.590. The highest BCUT2D eigenvalue weighted by molar-refractivity contribution is 5.76. The number of rotatable bonds is 2. The SMILES string of the molecule is Fc1cc(F)c2nc(Cc3nc4ccccc4[nH]3)[nH]c2c1. The topological polar surface area (TPSA) is 57.4 Å². The van der Waals surface area contributed by atoms with Crippen LogP contribution in [-0.2, 0) is 6.42 Å². The van der Waals surface area contributed by atoms with E-state index in [1.807, 2.05) is 24.3 Å². The van der Waals surface area contributed by atoms with E-state index < -0.39 is 11.6 Å². The quantitative estimate of drug-likeness (QED) is 0.593. The van der Waals surface area contributed by atoms with Gasteiger partial charge in [-0.3, -0.25) is 0 Å². The maximum atomic E-state index is 13.6. The predicted octanol–water partition coefficient (Wildman–Crippen LogP) is 3.31. The molecular weight excluding hydrogens is 274 g/mol. The van der Waals surface area contributed by atoms with Crippen molar-refractivity contribution in [3.63, 3.8) is 0 Å². The molecule has 6 heteroatoms. The first-order valence-corrected chi connectivity index (χ1v) is 6.46. The van der Waals surface area contributed by atoms with E-state index in [-0.39, 0.29) is 5.52 Å². The first-order chi connectivity index (χ1) is 10.2. The molecule has 4 aromatic rings. The zero-order valence-corrected chi connectivity index (χ0v) is 10.8. The van der Waals surface area contributed by atoms with E-state index in [0.29, 0.717) is 17.8 Å². The summed E-state index contributed by atoms with van der Waals surface area (Å²) >= 11 is 0. The predicted molar refractivity (Wildman–Crippen MR) is 74.9 cm³/mol. The summed E-state index contributed by atoms with van der Waals surface area (Å²) in [6.45, 7) is 0. The van der Waals surface area contributed by atoms with Gasteiger partial charge in [-0.25, -0.2) is 18.7 Å². The summed E-state index contributed by atoms with van der Waals surface area (Å²) in [4.78, 5) is 14.7. The zero-order valence-electron chi connectivity index (χ0n) is 10.8. The third-order valence-electron chi connectivity index (χ3n) is 3.33. The van der Waals surface area contributed by atoms with Crippen LogP contribution >= 0.6 is 0 Å². The van der Waals surface area contributed by atoms with Gasteiger partial charge in [0.15, 0.2) is 5.82 Å². The Balaban J connectivity index is 1.75. The van der Waals surface area contributed by atoms with Gasteiger partial charge in [0.1, 0.15) is 23.0 Å². The van der Waals surface area contributed by atoms with E-state index in [1.54, 1.807) is 0 Å². The number of halogens is 2. The third kappa shape index (κ3) is 2.05. The summed E-state index contributed by atoms with van der Waals surface area (Å²) in [6, 6.07) is 9.72. The van der Waals surface area contributed by atoms with E-state index in [4.69, 9.17) is 0 Å². The molecule has 0 saturated carbocycles. The van der Waals surface area contributed by atoms with Gasteiger partial charge in [-0.1, -0.05) is 12.1 Å². The fourth-order valence-corrected chi connectivity index (χ4v) is 2.42. The third-order valence-corrected chi connectivity index (χ3v) is 3.33. The molecule has 0 unspecified atom stereocenters. The highest BCUT2D eigenvalue weighted by Crippen LogP contribution is 2.19. The Hall–Kier alpha value is -2.76. The lowest BCUT2D eigenvalue weighted by atomic mass is 10.3.